The Hall–Kier alpha value is -2.04. The maximum absolute atomic E-state index is 6.01. The van der Waals surface area contributed by atoms with Crippen molar-refractivity contribution in [3.8, 4) is 0 Å². The first-order valence-corrected chi connectivity index (χ1v) is 6.92. The zero-order valence-electron chi connectivity index (χ0n) is 11.7. The Balaban J connectivity index is 1.69. The van der Waals surface area contributed by atoms with Crippen molar-refractivity contribution in [3.05, 3.63) is 60.7 Å². The number of para-hydroxylation sites is 2. The number of nitrogens with two attached hydrogens (primary N) is 2. The minimum Gasteiger partial charge on any atom is -0.311 e. The second-order valence-corrected chi connectivity index (χ2v) is 4.76. The Morgan fingerprint density at radius 1 is 0.600 bits per heavy atom. The summed E-state index contributed by atoms with van der Waals surface area (Å²) in [5.41, 5.74) is 2.08. The number of hydrogen-bond acceptors (Lipinski definition) is 4. The van der Waals surface area contributed by atoms with Crippen LogP contribution in [0, 0.1) is 0 Å². The molecule has 0 heterocycles. The molecule has 2 rings (SSSR count). The number of unbranched alkanes of at least 4 members (excludes halogenated alkanes) is 1. The number of benzene rings is 2. The van der Waals surface area contributed by atoms with Crippen LogP contribution in [-0.4, -0.2) is 13.1 Å². The Labute approximate surface area is 120 Å². The van der Waals surface area contributed by atoms with Crippen molar-refractivity contribution < 1.29 is 0 Å². The molecule has 0 aliphatic heterocycles. The van der Waals surface area contributed by atoms with Gasteiger partial charge in [0.25, 0.3) is 0 Å². The van der Waals surface area contributed by atoms with Gasteiger partial charge in [-0.2, -0.15) is 0 Å². The second-order valence-electron chi connectivity index (χ2n) is 4.76. The fourth-order valence-corrected chi connectivity index (χ4v) is 2.06. The molecule has 0 saturated carbocycles. The van der Waals surface area contributed by atoms with Gasteiger partial charge < -0.3 is 10.0 Å². The molecule has 0 unspecified atom stereocenters. The SMILES string of the molecule is NN(CCCCN(N)c1ccccc1)c1ccccc1. The van der Waals surface area contributed by atoms with Crippen LogP contribution in [0.4, 0.5) is 11.4 Å². The fraction of sp³-hybridized carbons (Fsp3) is 0.250. The second kappa shape index (κ2) is 7.53. The minimum absolute atomic E-state index is 0.826. The van der Waals surface area contributed by atoms with E-state index in [2.05, 4.69) is 0 Å². The van der Waals surface area contributed by atoms with Crippen molar-refractivity contribution in [2.24, 2.45) is 11.7 Å². The van der Waals surface area contributed by atoms with Gasteiger partial charge in [0.05, 0.1) is 11.4 Å². The molecule has 0 aliphatic rings. The standard InChI is InChI=1S/C16H22N4/c17-19(15-9-3-1-4-10-15)13-7-8-14-20(18)16-11-5-2-6-12-16/h1-6,9-12H,7-8,13-14,17-18H2. The van der Waals surface area contributed by atoms with Gasteiger partial charge in [-0.1, -0.05) is 36.4 Å². The van der Waals surface area contributed by atoms with E-state index in [9.17, 15) is 0 Å². The van der Waals surface area contributed by atoms with Gasteiger partial charge in [0.2, 0.25) is 0 Å². The molecule has 106 valence electrons. The van der Waals surface area contributed by atoms with Gasteiger partial charge in [0, 0.05) is 13.1 Å². The molecular weight excluding hydrogens is 248 g/mol. The lowest BCUT2D eigenvalue weighted by Gasteiger charge is -2.21. The van der Waals surface area contributed by atoms with E-state index < -0.39 is 0 Å². The third-order valence-corrected chi connectivity index (χ3v) is 3.22. The maximum atomic E-state index is 6.01. The quantitative estimate of drug-likeness (QED) is 0.461. The molecule has 0 aliphatic carbocycles. The van der Waals surface area contributed by atoms with E-state index in [0.717, 1.165) is 37.3 Å². The normalized spacial score (nSPS) is 10.3. The zero-order chi connectivity index (χ0) is 14.2. The molecule has 4 nitrogen and oxygen atoms in total. The van der Waals surface area contributed by atoms with Crippen LogP contribution in [0.2, 0.25) is 0 Å². The number of hydrogen-bond donors (Lipinski definition) is 2. The maximum Gasteiger partial charge on any atom is 0.0517 e. The number of anilines is 2. The van der Waals surface area contributed by atoms with Crippen LogP contribution in [0.1, 0.15) is 12.8 Å². The van der Waals surface area contributed by atoms with Gasteiger partial charge in [-0.25, -0.2) is 11.7 Å². The van der Waals surface area contributed by atoms with Crippen LogP contribution in [0.25, 0.3) is 0 Å². The minimum atomic E-state index is 0.826. The number of hydrazine groups is 2. The summed E-state index contributed by atoms with van der Waals surface area (Å²) in [6.07, 6.45) is 2.01. The molecular formula is C16H22N4. The molecule has 0 bridgehead atoms. The Kier molecular flexibility index (Phi) is 5.41. The molecule has 2 aromatic carbocycles. The molecule has 4 N–H and O–H groups in total. The zero-order valence-corrected chi connectivity index (χ0v) is 11.7. The van der Waals surface area contributed by atoms with E-state index in [4.69, 9.17) is 11.7 Å². The first-order chi connectivity index (χ1) is 9.77. The third kappa shape index (κ3) is 4.26. The van der Waals surface area contributed by atoms with Crippen LogP contribution in [0.3, 0.4) is 0 Å². The summed E-state index contributed by atoms with van der Waals surface area (Å²) < 4.78 is 0. The summed E-state index contributed by atoms with van der Waals surface area (Å²) in [6, 6.07) is 20.0. The van der Waals surface area contributed by atoms with Crippen LogP contribution in [-0.2, 0) is 0 Å². The molecule has 2 aromatic rings. The Morgan fingerprint density at radius 2 is 0.950 bits per heavy atom. The Morgan fingerprint density at radius 3 is 1.30 bits per heavy atom. The predicted octanol–water partition coefficient (Wildman–Crippen LogP) is 2.53. The predicted molar refractivity (Wildman–Crippen MR) is 85.2 cm³/mol. The molecule has 0 saturated heterocycles. The highest BCUT2D eigenvalue weighted by Gasteiger charge is 2.02. The first-order valence-electron chi connectivity index (χ1n) is 6.92. The lowest BCUT2D eigenvalue weighted by molar-refractivity contribution is 0.678. The van der Waals surface area contributed by atoms with E-state index in [0.29, 0.717) is 0 Å². The fourth-order valence-electron chi connectivity index (χ4n) is 2.06. The van der Waals surface area contributed by atoms with Crippen LogP contribution in [0.5, 0.6) is 0 Å². The van der Waals surface area contributed by atoms with Crippen LogP contribution in [0.15, 0.2) is 60.7 Å². The molecule has 0 atom stereocenters. The third-order valence-electron chi connectivity index (χ3n) is 3.22. The average Bonchev–Trinajstić information content (AvgIpc) is 2.53. The topological polar surface area (TPSA) is 58.5 Å². The molecule has 0 radical (unpaired) electrons. The van der Waals surface area contributed by atoms with Crippen molar-refractivity contribution in [2.75, 3.05) is 23.1 Å². The molecule has 0 amide bonds. The van der Waals surface area contributed by atoms with Crippen molar-refractivity contribution in [1.82, 2.24) is 0 Å². The summed E-state index contributed by atoms with van der Waals surface area (Å²) in [4.78, 5) is 0. The molecule has 20 heavy (non-hydrogen) atoms. The van der Waals surface area contributed by atoms with E-state index in [-0.39, 0.29) is 0 Å². The smallest absolute Gasteiger partial charge is 0.0517 e. The van der Waals surface area contributed by atoms with Gasteiger partial charge in [0.15, 0.2) is 0 Å². The van der Waals surface area contributed by atoms with Crippen molar-refractivity contribution in [1.29, 1.82) is 0 Å². The molecule has 0 fully saturated rings. The highest BCUT2D eigenvalue weighted by molar-refractivity contribution is 5.44. The van der Waals surface area contributed by atoms with E-state index in [1.807, 2.05) is 60.7 Å². The average molecular weight is 270 g/mol. The summed E-state index contributed by atoms with van der Waals surface area (Å²) in [7, 11) is 0. The van der Waals surface area contributed by atoms with E-state index >= 15 is 0 Å². The molecule has 0 spiro atoms. The van der Waals surface area contributed by atoms with Crippen molar-refractivity contribution in [2.45, 2.75) is 12.8 Å². The summed E-state index contributed by atoms with van der Waals surface area (Å²) in [5.74, 6) is 12.0. The summed E-state index contributed by atoms with van der Waals surface area (Å²) in [6.45, 7) is 1.65. The van der Waals surface area contributed by atoms with Gasteiger partial charge in [-0.15, -0.1) is 0 Å². The highest BCUT2D eigenvalue weighted by atomic mass is 15.4. The van der Waals surface area contributed by atoms with Gasteiger partial charge in [0.1, 0.15) is 0 Å². The molecule has 0 aromatic heterocycles. The monoisotopic (exact) mass is 270 g/mol. The highest BCUT2D eigenvalue weighted by Crippen LogP contribution is 2.12. The Bertz CT molecular complexity index is 439. The number of nitrogens with zero attached hydrogens (tertiary/aromatic N) is 2. The van der Waals surface area contributed by atoms with Crippen LogP contribution < -0.4 is 21.7 Å². The van der Waals surface area contributed by atoms with Gasteiger partial charge in [-0.3, -0.25) is 0 Å². The molecule has 4 heteroatoms. The van der Waals surface area contributed by atoms with Crippen LogP contribution >= 0.6 is 0 Å². The van der Waals surface area contributed by atoms with Gasteiger partial charge >= 0.3 is 0 Å². The van der Waals surface area contributed by atoms with E-state index in [1.54, 1.807) is 10.0 Å². The summed E-state index contributed by atoms with van der Waals surface area (Å²) >= 11 is 0. The van der Waals surface area contributed by atoms with Gasteiger partial charge in [-0.05, 0) is 37.1 Å². The van der Waals surface area contributed by atoms with Crippen molar-refractivity contribution >= 4 is 11.4 Å². The van der Waals surface area contributed by atoms with E-state index in [1.165, 1.54) is 0 Å². The number of rotatable bonds is 7. The van der Waals surface area contributed by atoms with Crippen molar-refractivity contribution in [3.63, 3.8) is 0 Å². The first kappa shape index (κ1) is 14.4. The lowest BCUT2D eigenvalue weighted by Crippen LogP contribution is -2.34. The lowest BCUT2D eigenvalue weighted by atomic mass is 10.2. The summed E-state index contributed by atoms with van der Waals surface area (Å²) in [5, 5.41) is 3.56. The largest absolute Gasteiger partial charge is 0.311 e.